The summed E-state index contributed by atoms with van der Waals surface area (Å²) in [7, 11) is 0. The fourth-order valence-electron chi connectivity index (χ4n) is 3.95. The Morgan fingerprint density at radius 1 is 0.800 bits per heavy atom. The van der Waals surface area contributed by atoms with Crippen molar-refractivity contribution >= 4 is 46.1 Å². The molecule has 1 N–H and O–H groups in total. The number of carbonyl (C=O) groups excluding carboxylic acids is 4. The van der Waals surface area contributed by atoms with Gasteiger partial charge in [0.2, 0.25) is 0 Å². The lowest BCUT2D eigenvalue weighted by Crippen LogP contribution is -2.25. The molecule has 0 radical (unpaired) electrons. The molecule has 1 heterocycles. The average molecular weight is 462 g/mol. The van der Waals surface area contributed by atoms with Crippen LogP contribution in [-0.4, -0.2) is 35.0 Å². The van der Waals surface area contributed by atoms with Crippen molar-refractivity contribution in [1.82, 2.24) is 4.98 Å². The maximum absolute atomic E-state index is 13.0. The third kappa shape index (κ3) is 4.35. The highest BCUT2D eigenvalue weighted by Gasteiger charge is 2.31. The summed E-state index contributed by atoms with van der Waals surface area (Å²) in [6, 6.07) is 22.5. The largest absolute Gasteiger partial charge is 0.452 e. The van der Waals surface area contributed by atoms with Crippen LogP contribution < -0.4 is 5.32 Å². The van der Waals surface area contributed by atoms with Crippen molar-refractivity contribution in [2.24, 2.45) is 0 Å². The number of esters is 1. The molecule has 0 atom stereocenters. The van der Waals surface area contributed by atoms with Crippen LogP contribution >= 0.6 is 0 Å². The van der Waals surface area contributed by atoms with E-state index in [0.717, 1.165) is 10.9 Å². The molecule has 7 nitrogen and oxygen atoms in total. The van der Waals surface area contributed by atoms with Crippen LogP contribution in [0.2, 0.25) is 0 Å². The molecule has 1 aliphatic carbocycles. The van der Waals surface area contributed by atoms with Crippen LogP contribution in [0.5, 0.6) is 0 Å². The summed E-state index contributed by atoms with van der Waals surface area (Å²) >= 11 is 0. The van der Waals surface area contributed by atoms with E-state index in [0.29, 0.717) is 11.3 Å². The number of aromatic nitrogens is 1. The predicted octanol–water partition coefficient (Wildman–Crippen LogP) is 4.21. The zero-order chi connectivity index (χ0) is 24.4. The Balaban J connectivity index is 1.25. The molecule has 35 heavy (non-hydrogen) atoms. The molecule has 170 valence electrons. The number of rotatable bonds is 5. The first-order valence-corrected chi connectivity index (χ1v) is 10.8. The number of ether oxygens (including phenoxy) is 1. The van der Waals surface area contributed by atoms with Crippen LogP contribution in [0.1, 0.15) is 37.5 Å². The first-order valence-electron chi connectivity index (χ1n) is 10.8. The maximum atomic E-state index is 13.0. The lowest BCUT2D eigenvalue weighted by Gasteiger charge is -2.20. The fourth-order valence-corrected chi connectivity index (χ4v) is 3.95. The number of para-hydroxylation sites is 1. The van der Waals surface area contributed by atoms with E-state index in [1.807, 2.05) is 30.3 Å². The number of nitrogens with one attached hydrogen (secondary N) is 1. The van der Waals surface area contributed by atoms with E-state index in [1.54, 1.807) is 42.5 Å². The van der Waals surface area contributed by atoms with Crippen molar-refractivity contribution in [3.63, 3.8) is 0 Å². The number of fused-ring (bicyclic) bond motifs is 3. The number of ketones is 2. The smallest absolute Gasteiger partial charge is 0.331 e. The molecule has 1 aromatic heterocycles. The lowest BCUT2D eigenvalue weighted by atomic mass is 9.83. The number of hydrogen-bond donors (Lipinski definition) is 1. The van der Waals surface area contributed by atoms with E-state index in [-0.39, 0.29) is 33.9 Å². The fraction of sp³-hybridized carbons (Fsp3) is 0.0357. The van der Waals surface area contributed by atoms with Crippen molar-refractivity contribution < 1.29 is 23.9 Å². The zero-order valence-electron chi connectivity index (χ0n) is 18.4. The third-order valence-corrected chi connectivity index (χ3v) is 5.58. The molecule has 5 rings (SSSR count). The maximum Gasteiger partial charge on any atom is 0.331 e. The molecule has 7 heteroatoms. The Morgan fingerprint density at radius 2 is 1.51 bits per heavy atom. The predicted molar refractivity (Wildman–Crippen MR) is 130 cm³/mol. The summed E-state index contributed by atoms with van der Waals surface area (Å²) in [5.41, 5.74) is 2.51. The second-order valence-electron chi connectivity index (χ2n) is 7.85. The van der Waals surface area contributed by atoms with Crippen LogP contribution in [0.3, 0.4) is 0 Å². The van der Waals surface area contributed by atoms with Crippen LogP contribution in [0.4, 0.5) is 5.69 Å². The van der Waals surface area contributed by atoms with Gasteiger partial charge in [-0.2, -0.15) is 0 Å². The summed E-state index contributed by atoms with van der Waals surface area (Å²) in [4.78, 5) is 54.8. The number of pyridine rings is 1. The molecule has 0 saturated heterocycles. The molecule has 0 saturated carbocycles. The Kier molecular flexibility index (Phi) is 5.73. The highest BCUT2D eigenvalue weighted by atomic mass is 16.5. The SMILES string of the molecule is O=C(COC(=O)/C=C/c1ccc2ccccc2n1)Nc1cccc2c1C(=O)c1ccccc1C2=O. The van der Waals surface area contributed by atoms with Gasteiger partial charge in [0.05, 0.1) is 22.5 Å². The van der Waals surface area contributed by atoms with E-state index in [4.69, 9.17) is 4.74 Å². The molecule has 0 unspecified atom stereocenters. The number of benzene rings is 3. The van der Waals surface area contributed by atoms with Crippen molar-refractivity contribution in [3.05, 3.63) is 113 Å². The molecule has 1 aliphatic rings. The zero-order valence-corrected chi connectivity index (χ0v) is 18.4. The minimum Gasteiger partial charge on any atom is -0.452 e. The Bertz CT molecular complexity index is 1550. The molecular formula is C28H18N2O5. The Labute approximate surface area is 200 Å². The highest BCUT2D eigenvalue weighted by molar-refractivity contribution is 6.30. The topological polar surface area (TPSA) is 102 Å². The van der Waals surface area contributed by atoms with Gasteiger partial charge in [0.1, 0.15) is 0 Å². The van der Waals surface area contributed by atoms with Gasteiger partial charge < -0.3 is 10.1 Å². The van der Waals surface area contributed by atoms with Crippen LogP contribution in [0, 0.1) is 0 Å². The Hall–Kier alpha value is -4.91. The minimum atomic E-state index is -0.717. The van der Waals surface area contributed by atoms with Gasteiger partial charge in [-0.05, 0) is 24.3 Å². The molecule has 1 amide bonds. The van der Waals surface area contributed by atoms with Crippen molar-refractivity contribution in [3.8, 4) is 0 Å². The van der Waals surface area contributed by atoms with Crippen molar-refractivity contribution in [2.75, 3.05) is 11.9 Å². The van der Waals surface area contributed by atoms with E-state index in [2.05, 4.69) is 10.3 Å². The van der Waals surface area contributed by atoms with Crippen molar-refractivity contribution in [1.29, 1.82) is 0 Å². The molecule has 4 aromatic rings. The minimum absolute atomic E-state index is 0.123. The molecule has 0 fully saturated rings. The third-order valence-electron chi connectivity index (χ3n) is 5.58. The van der Waals surface area contributed by atoms with E-state index in [1.165, 1.54) is 18.2 Å². The number of amides is 1. The molecular weight excluding hydrogens is 444 g/mol. The summed E-state index contributed by atoms with van der Waals surface area (Å²) < 4.78 is 5.02. The number of anilines is 1. The number of nitrogens with zero attached hydrogens (tertiary/aromatic N) is 1. The van der Waals surface area contributed by atoms with Crippen LogP contribution in [0.25, 0.3) is 17.0 Å². The number of hydrogen-bond acceptors (Lipinski definition) is 6. The average Bonchev–Trinajstić information content (AvgIpc) is 2.89. The molecule has 0 bridgehead atoms. The van der Waals surface area contributed by atoms with Gasteiger partial charge in [-0.25, -0.2) is 9.78 Å². The van der Waals surface area contributed by atoms with Gasteiger partial charge in [-0.3, -0.25) is 14.4 Å². The highest BCUT2D eigenvalue weighted by Crippen LogP contribution is 2.31. The molecule has 0 spiro atoms. The normalized spacial score (nSPS) is 12.3. The van der Waals surface area contributed by atoms with Gasteiger partial charge in [-0.15, -0.1) is 0 Å². The second-order valence-corrected chi connectivity index (χ2v) is 7.85. The first kappa shape index (κ1) is 21.9. The second kappa shape index (κ2) is 9.15. The van der Waals surface area contributed by atoms with Gasteiger partial charge in [0, 0.05) is 28.2 Å². The molecule has 3 aromatic carbocycles. The quantitative estimate of drug-likeness (QED) is 0.310. The number of carbonyl (C=O) groups is 4. The van der Waals surface area contributed by atoms with E-state index >= 15 is 0 Å². The van der Waals surface area contributed by atoms with Gasteiger partial charge in [0.25, 0.3) is 5.91 Å². The first-order chi connectivity index (χ1) is 17.0. The van der Waals surface area contributed by atoms with Crippen molar-refractivity contribution in [2.45, 2.75) is 0 Å². The monoisotopic (exact) mass is 462 g/mol. The van der Waals surface area contributed by atoms with E-state index < -0.39 is 18.5 Å². The van der Waals surface area contributed by atoms with E-state index in [9.17, 15) is 19.2 Å². The molecule has 0 aliphatic heterocycles. The lowest BCUT2D eigenvalue weighted by molar-refractivity contribution is -0.142. The summed E-state index contributed by atoms with van der Waals surface area (Å²) in [6.45, 7) is -0.559. The van der Waals surface area contributed by atoms with Gasteiger partial charge in [-0.1, -0.05) is 60.7 Å². The standard InChI is InChI=1S/C28H18N2O5/c31-24(16-35-25(32)15-14-18-13-12-17-6-1-4-10-22(17)29-18)30-23-11-5-9-21-26(23)28(34)20-8-3-2-7-19(20)27(21)33/h1-15H,16H2,(H,30,31)/b15-14+. The van der Waals surface area contributed by atoms with Crippen LogP contribution in [0.15, 0.2) is 84.9 Å². The summed E-state index contributed by atoms with van der Waals surface area (Å²) in [5.74, 6) is -1.99. The summed E-state index contributed by atoms with van der Waals surface area (Å²) in [6.07, 6.45) is 2.69. The summed E-state index contributed by atoms with van der Waals surface area (Å²) in [5, 5.41) is 3.56. The van der Waals surface area contributed by atoms with Gasteiger partial charge in [0.15, 0.2) is 18.2 Å². The Morgan fingerprint density at radius 3 is 2.34 bits per heavy atom. The van der Waals surface area contributed by atoms with Gasteiger partial charge >= 0.3 is 5.97 Å². The van der Waals surface area contributed by atoms with Crippen LogP contribution in [-0.2, 0) is 14.3 Å².